The monoisotopic (exact) mass is 880 g/mol. The van der Waals surface area contributed by atoms with Gasteiger partial charge in [-0.1, -0.05) is 200 Å². The summed E-state index contributed by atoms with van der Waals surface area (Å²) in [6.07, 6.45) is 0. The minimum Gasteiger partial charge on any atom is -0.455 e. The zero-order valence-corrected chi connectivity index (χ0v) is 37.7. The molecular formula is C66H44N2O. The first-order chi connectivity index (χ1) is 34.2. The third-order valence-corrected chi connectivity index (χ3v) is 13.6. The third kappa shape index (κ3) is 7.16. The standard InChI is InChI=1S/C66H44N2O/c1-4-15-45(16-5-1)46-29-36-54(37-30-46)67(56-40-33-48(34-41-56)51-35-42-60-59-23-10-11-28-63(59)68(64(60)44-51)53-21-8-3-9-22-53)55-38-31-47(32-39-55)50-19-12-20-52(43-50)58-25-14-27-62-61-26-13-24-57(65(61)69-66(58)62)49-17-6-2-7-18-49/h1-44H. The molecule has 0 atom stereocenters. The van der Waals surface area contributed by atoms with Crippen molar-refractivity contribution < 1.29 is 4.42 Å². The first kappa shape index (κ1) is 40.1. The number of furan rings is 1. The van der Waals surface area contributed by atoms with Gasteiger partial charge in [0, 0.05) is 55.4 Å². The van der Waals surface area contributed by atoms with Crippen molar-refractivity contribution in [3.8, 4) is 61.3 Å². The van der Waals surface area contributed by atoms with Crippen LogP contribution in [0.15, 0.2) is 271 Å². The van der Waals surface area contributed by atoms with Gasteiger partial charge in [0.2, 0.25) is 0 Å². The molecular weight excluding hydrogens is 837 g/mol. The lowest BCUT2D eigenvalue weighted by Gasteiger charge is -2.26. The summed E-state index contributed by atoms with van der Waals surface area (Å²) in [5, 5.41) is 4.74. The first-order valence-electron chi connectivity index (χ1n) is 23.6. The molecule has 0 saturated carbocycles. The molecule has 13 aromatic rings. The lowest BCUT2D eigenvalue weighted by Crippen LogP contribution is -2.09. The molecule has 0 amide bonds. The van der Waals surface area contributed by atoms with Crippen LogP contribution < -0.4 is 4.90 Å². The average molecular weight is 881 g/mol. The Morgan fingerprint density at radius 2 is 0.667 bits per heavy atom. The molecule has 324 valence electrons. The topological polar surface area (TPSA) is 21.3 Å². The van der Waals surface area contributed by atoms with Crippen LogP contribution in [-0.4, -0.2) is 4.57 Å². The lowest BCUT2D eigenvalue weighted by molar-refractivity contribution is 0.671. The van der Waals surface area contributed by atoms with E-state index in [9.17, 15) is 0 Å². The minimum absolute atomic E-state index is 0.902. The second-order valence-electron chi connectivity index (χ2n) is 17.7. The van der Waals surface area contributed by atoms with Crippen LogP contribution in [0.3, 0.4) is 0 Å². The Morgan fingerprint density at radius 3 is 1.28 bits per heavy atom. The molecule has 0 bridgehead atoms. The largest absolute Gasteiger partial charge is 0.455 e. The Morgan fingerprint density at radius 1 is 0.261 bits per heavy atom. The van der Waals surface area contributed by atoms with E-state index in [1.165, 1.54) is 38.5 Å². The molecule has 69 heavy (non-hydrogen) atoms. The fourth-order valence-corrected chi connectivity index (χ4v) is 10.3. The van der Waals surface area contributed by atoms with Gasteiger partial charge in [0.05, 0.1) is 11.0 Å². The summed E-state index contributed by atoms with van der Waals surface area (Å²) >= 11 is 0. The smallest absolute Gasteiger partial charge is 0.143 e. The molecule has 0 aliphatic rings. The Bertz CT molecular complexity index is 3960. The van der Waals surface area contributed by atoms with Crippen molar-refractivity contribution in [2.24, 2.45) is 0 Å². The highest BCUT2D eigenvalue weighted by Gasteiger charge is 2.18. The predicted molar refractivity (Wildman–Crippen MR) is 290 cm³/mol. The van der Waals surface area contributed by atoms with Gasteiger partial charge < -0.3 is 13.9 Å². The van der Waals surface area contributed by atoms with E-state index in [1.54, 1.807) is 0 Å². The van der Waals surface area contributed by atoms with Crippen molar-refractivity contribution in [1.82, 2.24) is 4.57 Å². The van der Waals surface area contributed by atoms with Crippen LogP contribution in [0.5, 0.6) is 0 Å². The highest BCUT2D eigenvalue weighted by molar-refractivity contribution is 6.13. The van der Waals surface area contributed by atoms with E-state index in [4.69, 9.17) is 4.42 Å². The molecule has 2 heterocycles. The average Bonchev–Trinajstić information content (AvgIpc) is 3.98. The predicted octanol–water partition coefficient (Wildman–Crippen LogP) is 18.5. The molecule has 2 aromatic heterocycles. The Labute approximate surface area is 401 Å². The van der Waals surface area contributed by atoms with Crippen LogP contribution in [-0.2, 0) is 0 Å². The van der Waals surface area contributed by atoms with Crippen molar-refractivity contribution in [2.45, 2.75) is 0 Å². The number of aromatic nitrogens is 1. The molecule has 0 N–H and O–H groups in total. The van der Waals surface area contributed by atoms with E-state index >= 15 is 0 Å². The van der Waals surface area contributed by atoms with Gasteiger partial charge in [-0.2, -0.15) is 0 Å². The van der Waals surface area contributed by atoms with Crippen molar-refractivity contribution in [1.29, 1.82) is 0 Å². The highest BCUT2D eigenvalue weighted by Crippen LogP contribution is 2.42. The van der Waals surface area contributed by atoms with Gasteiger partial charge in [-0.05, 0) is 111 Å². The molecule has 0 radical (unpaired) electrons. The van der Waals surface area contributed by atoms with E-state index in [-0.39, 0.29) is 0 Å². The van der Waals surface area contributed by atoms with Gasteiger partial charge in [-0.3, -0.25) is 0 Å². The number of hydrogen-bond acceptors (Lipinski definition) is 2. The number of hydrogen-bond donors (Lipinski definition) is 0. The van der Waals surface area contributed by atoms with Gasteiger partial charge in [0.25, 0.3) is 0 Å². The fraction of sp³-hybridized carbons (Fsp3) is 0. The van der Waals surface area contributed by atoms with Crippen LogP contribution in [0.2, 0.25) is 0 Å². The molecule has 3 nitrogen and oxygen atoms in total. The summed E-state index contributed by atoms with van der Waals surface area (Å²) in [6.45, 7) is 0. The van der Waals surface area contributed by atoms with E-state index in [2.05, 4.69) is 276 Å². The summed E-state index contributed by atoms with van der Waals surface area (Å²) < 4.78 is 9.18. The van der Waals surface area contributed by atoms with Gasteiger partial charge in [0.15, 0.2) is 0 Å². The SMILES string of the molecule is c1ccc(-c2ccc(N(c3ccc(-c4cccc(-c5cccc6c5oc5c(-c7ccccc7)cccc56)c4)cc3)c3ccc(-c4ccc5c6ccccc6n(-c6ccccc6)c5c4)cc3)cc2)cc1. The lowest BCUT2D eigenvalue weighted by atomic mass is 9.97. The van der Waals surface area contributed by atoms with Crippen molar-refractivity contribution in [3.05, 3.63) is 267 Å². The Hall–Kier alpha value is -9.18. The van der Waals surface area contributed by atoms with Crippen LogP contribution >= 0.6 is 0 Å². The van der Waals surface area contributed by atoms with Crippen LogP contribution in [0.25, 0.3) is 105 Å². The second-order valence-corrected chi connectivity index (χ2v) is 17.7. The van der Waals surface area contributed by atoms with E-state index < -0.39 is 0 Å². The highest BCUT2D eigenvalue weighted by atomic mass is 16.3. The number of benzene rings is 11. The number of anilines is 3. The van der Waals surface area contributed by atoms with Crippen LogP contribution in [0, 0.1) is 0 Å². The van der Waals surface area contributed by atoms with Crippen LogP contribution in [0.4, 0.5) is 17.1 Å². The minimum atomic E-state index is 0.902. The maximum Gasteiger partial charge on any atom is 0.143 e. The summed E-state index contributed by atoms with van der Waals surface area (Å²) in [4.78, 5) is 2.35. The molecule has 13 rings (SSSR count). The summed E-state index contributed by atoms with van der Waals surface area (Å²) in [5.74, 6) is 0. The van der Waals surface area contributed by atoms with E-state index in [1.807, 2.05) is 0 Å². The molecule has 3 heteroatoms. The normalized spacial score (nSPS) is 11.5. The summed E-state index contributed by atoms with van der Waals surface area (Å²) in [6, 6.07) is 95.9. The van der Waals surface area contributed by atoms with Crippen molar-refractivity contribution >= 4 is 60.8 Å². The van der Waals surface area contributed by atoms with Gasteiger partial charge >= 0.3 is 0 Å². The quantitative estimate of drug-likeness (QED) is 0.144. The van der Waals surface area contributed by atoms with E-state index in [0.29, 0.717) is 0 Å². The van der Waals surface area contributed by atoms with Crippen LogP contribution in [0.1, 0.15) is 0 Å². The third-order valence-electron chi connectivity index (χ3n) is 13.6. The maximum absolute atomic E-state index is 6.80. The molecule has 0 aliphatic heterocycles. The summed E-state index contributed by atoms with van der Waals surface area (Å²) in [5.41, 5.74) is 20.0. The molecule has 0 fully saturated rings. The Balaban J connectivity index is 0.857. The maximum atomic E-state index is 6.80. The van der Waals surface area contributed by atoms with Crippen molar-refractivity contribution in [3.63, 3.8) is 0 Å². The summed E-state index contributed by atoms with van der Waals surface area (Å²) in [7, 11) is 0. The zero-order chi connectivity index (χ0) is 45.7. The molecule has 0 aliphatic carbocycles. The molecule has 0 unspecified atom stereocenters. The number of rotatable bonds is 9. The number of para-hydroxylation sites is 4. The molecule has 0 saturated heterocycles. The number of fused-ring (bicyclic) bond motifs is 6. The molecule has 0 spiro atoms. The first-order valence-corrected chi connectivity index (χ1v) is 23.6. The van der Waals surface area contributed by atoms with Gasteiger partial charge in [-0.25, -0.2) is 0 Å². The molecule has 11 aromatic carbocycles. The van der Waals surface area contributed by atoms with E-state index in [0.717, 1.165) is 83.6 Å². The second kappa shape index (κ2) is 16.9. The van der Waals surface area contributed by atoms with Gasteiger partial charge in [-0.15, -0.1) is 0 Å². The Kier molecular flexibility index (Phi) is 9.84. The zero-order valence-electron chi connectivity index (χ0n) is 37.7. The fourth-order valence-electron chi connectivity index (χ4n) is 10.3. The number of nitrogens with zero attached hydrogens (tertiary/aromatic N) is 2. The van der Waals surface area contributed by atoms with Crippen molar-refractivity contribution in [2.75, 3.05) is 4.90 Å². The van der Waals surface area contributed by atoms with Gasteiger partial charge in [0.1, 0.15) is 11.2 Å².